The molecule has 0 amide bonds. The van der Waals surface area contributed by atoms with E-state index < -0.39 is 6.10 Å². The number of hydrogen-bond donors (Lipinski definition) is 3. The Hall–Kier alpha value is -2.17. The van der Waals surface area contributed by atoms with Gasteiger partial charge in [-0.3, -0.25) is 5.10 Å². The molecule has 31 heavy (non-hydrogen) atoms. The summed E-state index contributed by atoms with van der Waals surface area (Å²) in [7, 11) is 0. The second kappa shape index (κ2) is 6.91. The predicted octanol–water partition coefficient (Wildman–Crippen LogP) is 5.22. The van der Waals surface area contributed by atoms with Crippen LogP contribution in [-0.2, 0) is 0 Å². The van der Waals surface area contributed by atoms with Crippen molar-refractivity contribution in [3.63, 3.8) is 0 Å². The first-order valence-corrected chi connectivity index (χ1v) is 11.9. The lowest BCUT2D eigenvalue weighted by molar-refractivity contribution is 0.124. The highest BCUT2D eigenvalue weighted by atomic mass is 16.3. The van der Waals surface area contributed by atoms with Gasteiger partial charge >= 0.3 is 0 Å². The molecule has 0 radical (unpaired) electrons. The molecule has 3 N–H and O–H groups in total. The second-order valence-corrected chi connectivity index (χ2v) is 10.5. The van der Waals surface area contributed by atoms with E-state index in [1.54, 1.807) is 0 Å². The smallest absolute Gasteiger partial charge is 0.0929 e. The van der Waals surface area contributed by atoms with Crippen molar-refractivity contribution in [3.8, 4) is 0 Å². The monoisotopic (exact) mass is 416 g/mol. The van der Waals surface area contributed by atoms with Crippen LogP contribution >= 0.6 is 0 Å². The van der Waals surface area contributed by atoms with Crippen molar-refractivity contribution in [1.29, 1.82) is 0 Å². The van der Waals surface area contributed by atoms with E-state index in [0.29, 0.717) is 11.8 Å². The van der Waals surface area contributed by atoms with E-state index in [1.165, 1.54) is 33.2 Å². The molecule has 0 bridgehead atoms. The highest BCUT2D eigenvalue weighted by Gasteiger charge is 2.49. The maximum atomic E-state index is 11.3. The molecular formula is C27H32N2O2. The van der Waals surface area contributed by atoms with E-state index in [9.17, 15) is 10.2 Å². The summed E-state index contributed by atoms with van der Waals surface area (Å²) >= 11 is 0. The van der Waals surface area contributed by atoms with Crippen LogP contribution < -0.4 is 0 Å². The number of aromatic nitrogens is 2. The van der Waals surface area contributed by atoms with Crippen molar-refractivity contribution in [2.45, 2.75) is 71.0 Å². The number of aliphatic hydroxyl groups is 2. The van der Waals surface area contributed by atoms with E-state index in [1.807, 2.05) is 0 Å². The Bertz CT molecular complexity index is 1150. The van der Waals surface area contributed by atoms with Gasteiger partial charge in [-0.15, -0.1) is 0 Å². The molecule has 0 aliphatic heterocycles. The molecule has 4 aliphatic rings. The fourth-order valence-corrected chi connectivity index (χ4v) is 7.05. The maximum absolute atomic E-state index is 11.3. The molecule has 1 aromatic heterocycles. The van der Waals surface area contributed by atoms with Crippen LogP contribution in [0.25, 0.3) is 16.5 Å². The van der Waals surface area contributed by atoms with Crippen molar-refractivity contribution in [2.75, 3.05) is 0 Å². The molecule has 1 fully saturated rings. The molecule has 5 atom stereocenters. The Kier molecular flexibility index (Phi) is 4.35. The van der Waals surface area contributed by atoms with Gasteiger partial charge in [-0.25, -0.2) is 0 Å². The van der Waals surface area contributed by atoms with Crippen molar-refractivity contribution in [1.82, 2.24) is 10.2 Å². The first-order chi connectivity index (χ1) is 14.9. The van der Waals surface area contributed by atoms with E-state index in [4.69, 9.17) is 0 Å². The Morgan fingerprint density at radius 3 is 2.90 bits per heavy atom. The molecular weight excluding hydrogens is 384 g/mol. The minimum Gasteiger partial charge on any atom is -0.393 e. The number of benzene rings is 1. The van der Waals surface area contributed by atoms with Gasteiger partial charge in [0.15, 0.2) is 0 Å². The molecule has 5 unspecified atom stereocenters. The number of nitrogens with zero attached hydrogens (tertiary/aromatic N) is 1. The first-order valence-electron chi connectivity index (χ1n) is 11.9. The fourth-order valence-electron chi connectivity index (χ4n) is 7.05. The number of fused-ring (bicyclic) bond motifs is 4. The third-order valence-electron chi connectivity index (χ3n) is 8.71. The molecule has 1 saturated carbocycles. The van der Waals surface area contributed by atoms with Crippen molar-refractivity contribution >= 4 is 16.5 Å². The van der Waals surface area contributed by atoms with Crippen LogP contribution in [0.4, 0.5) is 0 Å². The zero-order chi connectivity index (χ0) is 21.3. The Labute approximate surface area is 183 Å². The lowest BCUT2D eigenvalue weighted by atomic mass is 9.61. The van der Waals surface area contributed by atoms with E-state index in [2.05, 4.69) is 54.4 Å². The average molecular weight is 417 g/mol. The number of aliphatic hydroxyl groups excluding tert-OH is 2. The molecule has 0 saturated heterocycles. The van der Waals surface area contributed by atoms with E-state index in [0.717, 1.165) is 56.2 Å². The highest BCUT2D eigenvalue weighted by Crippen LogP contribution is 2.59. The van der Waals surface area contributed by atoms with Crippen molar-refractivity contribution < 1.29 is 10.2 Å². The van der Waals surface area contributed by atoms with Gasteiger partial charge in [0.1, 0.15) is 0 Å². The summed E-state index contributed by atoms with van der Waals surface area (Å²) in [5.74, 6) is 1.03. The summed E-state index contributed by atoms with van der Waals surface area (Å²) in [4.78, 5) is 0. The number of rotatable bonds is 1. The number of aryl methyl sites for hydroxylation is 1. The predicted molar refractivity (Wildman–Crippen MR) is 123 cm³/mol. The van der Waals surface area contributed by atoms with Crippen LogP contribution in [0.2, 0.25) is 0 Å². The zero-order valence-corrected chi connectivity index (χ0v) is 18.5. The average Bonchev–Trinajstić information content (AvgIpc) is 3.21. The van der Waals surface area contributed by atoms with Crippen LogP contribution in [0, 0.1) is 24.2 Å². The van der Waals surface area contributed by atoms with Crippen LogP contribution in [0.15, 0.2) is 47.1 Å². The summed E-state index contributed by atoms with van der Waals surface area (Å²) < 4.78 is 0. The van der Waals surface area contributed by atoms with Gasteiger partial charge in [-0.05, 0) is 86.5 Å². The lowest BCUT2D eigenvalue weighted by Crippen LogP contribution is -2.37. The van der Waals surface area contributed by atoms with Gasteiger partial charge in [-0.1, -0.05) is 42.4 Å². The number of allylic oxidation sites excluding steroid dienone is 3. The molecule has 4 nitrogen and oxygen atoms in total. The summed E-state index contributed by atoms with van der Waals surface area (Å²) in [5, 5.41) is 30.3. The van der Waals surface area contributed by atoms with E-state index >= 15 is 0 Å². The molecule has 1 heterocycles. The van der Waals surface area contributed by atoms with Crippen LogP contribution in [0.5, 0.6) is 0 Å². The number of H-pyrrole nitrogens is 1. The van der Waals surface area contributed by atoms with Crippen LogP contribution in [0.3, 0.4) is 0 Å². The van der Waals surface area contributed by atoms with Gasteiger partial charge in [-0.2, -0.15) is 5.10 Å². The molecule has 1 aromatic carbocycles. The topological polar surface area (TPSA) is 69.1 Å². The summed E-state index contributed by atoms with van der Waals surface area (Å²) in [6.45, 7) is 4.42. The van der Waals surface area contributed by atoms with Crippen LogP contribution in [0.1, 0.15) is 63.1 Å². The first kappa shape index (κ1) is 19.5. The largest absolute Gasteiger partial charge is 0.393 e. The Morgan fingerprint density at radius 1 is 1.16 bits per heavy atom. The maximum Gasteiger partial charge on any atom is 0.0929 e. The number of nitrogens with one attached hydrogen (secondary N) is 1. The quantitative estimate of drug-likeness (QED) is 0.597. The standard InChI is InChI=1S/C27H32N2O2/c1-15-20-7-5-17(13-25(20)29-28-15)23-9-10-24-21-8-4-16-3-6-19(30)11-18(16)12-22(21)26(31)14-27(23,24)2/h5,7,9,12-13,16,19,24,26,30-31H,3-4,6,8,10-11,14H2,1-2H3,(H,28,29). The van der Waals surface area contributed by atoms with E-state index in [-0.39, 0.29) is 11.5 Å². The molecule has 162 valence electrons. The van der Waals surface area contributed by atoms with Crippen molar-refractivity contribution in [3.05, 3.63) is 58.3 Å². The Morgan fingerprint density at radius 2 is 2.03 bits per heavy atom. The zero-order valence-electron chi connectivity index (χ0n) is 18.5. The number of hydrogen-bond acceptors (Lipinski definition) is 3. The van der Waals surface area contributed by atoms with Gasteiger partial charge < -0.3 is 10.2 Å². The third kappa shape index (κ3) is 2.91. The van der Waals surface area contributed by atoms with Gasteiger partial charge in [0, 0.05) is 16.5 Å². The SMILES string of the molecule is Cc1[nH]nc2cc(C3=CCC4C5=C(C=C6CC(O)CCC6CC5)C(O)CC34C)ccc12. The molecule has 0 spiro atoms. The van der Waals surface area contributed by atoms with Gasteiger partial charge in [0.05, 0.1) is 17.7 Å². The summed E-state index contributed by atoms with van der Waals surface area (Å²) in [6.07, 6.45) is 10.9. The highest BCUT2D eigenvalue weighted by molar-refractivity contribution is 5.86. The molecule has 4 aliphatic carbocycles. The van der Waals surface area contributed by atoms with Gasteiger partial charge in [0.25, 0.3) is 0 Å². The number of aromatic amines is 1. The third-order valence-corrected chi connectivity index (χ3v) is 8.71. The molecule has 4 heteroatoms. The summed E-state index contributed by atoms with van der Waals surface area (Å²) in [6, 6.07) is 6.61. The van der Waals surface area contributed by atoms with Crippen molar-refractivity contribution in [2.24, 2.45) is 17.3 Å². The van der Waals surface area contributed by atoms with Crippen LogP contribution in [-0.4, -0.2) is 32.6 Å². The fraction of sp³-hybridized carbons (Fsp3) is 0.519. The minimum absolute atomic E-state index is 0.0508. The summed E-state index contributed by atoms with van der Waals surface area (Å²) in [5.41, 5.74) is 8.69. The van der Waals surface area contributed by atoms with Gasteiger partial charge in [0.2, 0.25) is 0 Å². The minimum atomic E-state index is -0.431. The lowest BCUT2D eigenvalue weighted by Gasteiger charge is -2.43. The molecule has 2 aromatic rings. The molecule has 6 rings (SSSR count). The normalized spacial score (nSPS) is 35.2. The Balaban J connectivity index is 1.38. The second-order valence-electron chi connectivity index (χ2n) is 10.5.